The number of benzene rings is 2. The molecule has 0 saturated heterocycles. The molecule has 0 unspecified atom stereocenters. The van der Waals surface area contributed by atoms with E-state index < -0.39 is 5.82 Å². The molecule has 1 heterocycles. The highest BCUT2D eigenvalue weighted by Crippen LogP contribution is 2.22. The minimum Gasteiger partial charge on any atom is -0.484 e. The quantitative estimate of drug-likeness (QED) is 0.742. The number of hydrogen-bond acceptors (Lipinski definition) is 4. The topological polar surface area (TPSA) is 55.5 Å². The average Bonchev–Trinajstić information content (AvgIpc) is 3.09. The highest BCUT2D eigenvalue weighted by Gasteiger charge is 2.09. The largest absolute Gasteiger partial charge is 0.484 e. The van der Waals surface area contributed by atoms with Gasteiger partial charge in [-0.1, -0.05) is 36.4 Å². The summed E-state index contributed by atoms with van der Waals surface area (Å²) in [6.45, 7) is 0.0227. The van der Waals surface area contributed by atoms with Gasteiger partial charge in [0.1, 0.15) is 18.6 Å². The minimum absolute atomic E-state index is 0.0875. The molecule has 4 nitrogen and oxygen atoms in total. The van der Waals surface area contributed by atoms with Crippen LogP contribution in [-0.2, 0) is 6.61 Å². The van der Waals surface area contributed by atoms with Crippen molar-refractivity contribution < 1.29 is 18.7 Å². The second-order valence-electron chi connectivity index (χ2n) is 5.07. The van der Waals surface area contributed by atoms with Gasteiger partial charge in [0.2, 0.25) is 5.89 Å². The van der Waals surface area contributed by atoms with Crippen molar-refractivity contribution in [3.8, 4) is 17.2 Å². The van der Waals surface area contributed by atoms with Crippen LogP contribution in [0.25, 0.3) is 17.5 Å². The standard InChI is InChI=1S/C19H16FNO3/c20-17-11-14(5-4-10-22)8-9-18(17)23-12-16-13-24-19(21-16)15-6-2-1-3-7-15/h1-9,11,13,22H,10,12H2/b5-4+. The Bertz CT molecular complexity index is 828. The van der Waals surface area contributed by atoms with Gasteiger partial charge in [0, 0.05) is 5.56 Å². The second-order valence-corrected chi connectivity index (χ2v) is 5.07. The number of aliphatic hydroxyl groups is 1. The Kier molecular flexibility index (Phi) is 5.03. The van der Waals surface area contributed by atoms with Crippen LogP contribution in [0.1, 0.15) is 11.3 Å². The molecule has 0 radical (unpaired) electrons. The van der Waals surface area contributed by atoms with Crippen LogP contribution in [0.5, 0.6) is 5.75 Å². The molecule has 0 aliphatic carbocycles. The van der Waals surface area contributed by atoms with E-state index in [9.17, 15) is 4.39 Å². The Morgan fingerprint density at radius 3 is 2.75 bits per heavy atom. The van der Waals surface area contributed by atoms with E-state index in [-0.39, 0.29) is 19.0 Å². The second kappa shape index (κ2) is 7.57. The Hall–Kier alpha value is -2.92. The van der Waals surface area contributed by atoms with Gasteiger partial charge in [-0.3, -0.25) is 0 Å². The summed E-state index contributed by atoms with van der Waals surface area (Å²) in [6.07, 6.45) is 4.67. The summed E-state index contributed by atoms with van der Waals surface area (Å²) < 4.78 is 24.9. The maximum Gasteiger partial charge on any atom is 0.226 e. The molecule has 0 saturated carbocycles. The van der Waals surface area contributed by atoms with Crippen molar-refractivity contribution in [2.75, 3.05) is 6.61 Å². The molecular weight excluding hydrogens is 309 g/mol. The summed E-state index contributed by atoms with van der Waals surface area (Å²) >= 11 is 0. The molecule has 0 aliphatic heterocycles. The van der Waals surface area contributed by atoms with Gasteiger partial charge in [-0.25, -0.2) is 9.37 Å². The lowest BCUT2D eigenvalue weighted by Gasteiger charge is -2.05. The Morgan fingerprint density at radius 1 is 1.17 bits per heavy atom. The third-order valence-electron chi connectivity index (χ3n) is 3.32. The smallest absolute Gasteiger partial charge is 0.226 e. The van der Waals surface area contributed by atoms with E-state index in [1.165, 1.54) is 18.4 Å². The molecule has 5 heteroatoms. The van der Waals surface area contributed by atoms with Crippen LogP contribution in [-0.4, -0.2) is 16.7 Å². The van der Waals surface area contributed by atoms with Gasteiger partial charge in [0.15, 0.2) is 11.6 Å². The van der Waals surface area contributed by atoms with E-state index in [1.807, 2.05) is 30.3 Å². The number of aliphatic hydroxyl groups excluding tert-OH is 1. The minimum atomic E-state index is -0.470. The fraction of sp³-hybridized carbons (Fsp3) is 0.105. The third kappa shape index (κ3) is 3.88. The number of oxazole rings is 1. The Balaban J connectivity index is 1.66. The first-order valence-electron chi connectivity index (χ1n) is 7.46. The van der Waals surface area contributed by atoms with Crippen LogP contribution < -0.4 is 4.74 Å². The summed E-state index contributed by atoms with van der Waals surface area (Å²) in [7, 11) is 0. The number of ether oxygens (including phenoxy) is 1. The zero-order chi connectivity index (χ0) is 16.8. The average molecular weight is 325 g/mol. The molecule has 1 aromatic heterocycles. The van der Waals surface area contributed by atoms with E-state index in [0.29, 0.717) is 17.1 Å². The van der Waals surface area contributed by atoms with Gasteiger partial charge >= 0.3 is 0 Å². The van der Waals surface area contributed by atoms with Gasteiger partial charge in [0.25, 0.3) is 0 Å². The highest BCUT2D eigenvalue weighted by molar-refractivity contribution is 5.53. The predicted molar refractivity (Wildman–Crippen MR) is 88.8 cm³/mol. The van der Waals surface area contributed by atoms with Crippen LogP contribution in [0.2, 0.25) is 0 Å². The summed E-state index contributed by atoms with van der Waals surface area (Å²) in [4.78, 5) is 4.33. The van der Waals surface area contributed by atoms with Crippen LogP contribution in [0.3, 0.4) is 0 Å². The van der Waals surface area contributed by atoms with Gasteiger partial charge in [0.05, 0.1) is 6.61 Å². The van der Waals surface area contributed by atoms with Crippen molar-refractivity contribution in [2.24, 2.45) is 0 Å². The molecule has 0 amide bonds. The van der Waals surface area contributed by atoms with Crippen molar-refractivity contribution in [3.63, 3.8) is 0 Å². The maximum atomic E-state index is 14.0. The molecule has 1 N–H and O–H groups in total. The molecule has 3 aromatic rings. The molecule has 0 atom stereocenters. The van der Waals surface area contributed by atoms with Crippen LogP contribution in [0.4, 0.5) is 4.39 Å². The normalized spacial score (nSPS) is 11.1. The van der Waals surface area contributed by atoms with Crippen LogP contribution >= 0.6 is 0 Å². The van der Waals surface area contributed by atoms with Crippen molar-refractivity contribution in [1.82, 2.24) is 4.98 Å². The number of aromatic nitrogens is 1. The number of halogens is 1. The molecular formula is C19H16FNO3. The van der Waals surface area contributed by atoms with Crippen molar-refractivity contribution >= 4 is 6.08 Å². The molecule has 24 heavy (non-hydrogen) atoms. The first kappa shape index (κ1) is 16.0. The van der Waals surface area contributed by atoms with Crippen molar-refractivity contribution in [2.45, 2.75) is 6.61 Å². The molecule has 122 valence electrons. The monoisotopic (exact) mass is 325 g/mol. The van der Waals surface area contributed by atoms with Gasteiger partial charge in [-0.05, 0) is 29.8 Å². The van der Waals surface area contributed by atoms with Gasteiger partial charge < -0.3 is 14.3 Å². The van der Waals surface area contributed by atoms with Crippen LogP contribution in [0.15, 0.2) is 65.3 Å². The zero-order valence-electron chi connectivity index (χ0n) is 12.9. The molecule has 0 bridgehead atoms. The Morgan fingerprint density at radius 2 is 2.00 bits per heavy atom. The van der Waals surface area contributed by atoms with Crippen LogP contribution in [0, 0.1) is 5.82 Å². The lowest BCUT2D eigenvalue weighted by Crippen LogP contribution is -1.98. The molecule has 2 aromatic carbocycles. The SMILES string of the molecule is OC/C=C/c1ccc(OCc2coc(-c3ccccc3)n2)c(F)c1. The number of rotatable bonds is 6. The fourth-order valence-corrected chi connectivity index (χ4v) is 2.16. The number of hydrogen-bond donors (Lipinski definition) is 1. The lowest BCUT2D eigenvalue weighted by molar-refractivity contribution is 0.285. The third-order valence-corrected chi connectivity index (χ3v) is 3.32. The van der Waals surface area contributed by atoms with Gasteiger partial charge in [-0.2, -0.15) is 0 Å². The molecule has 0 aliphatic rings. The maximum absolute atomic E-state index is 14.0. The highest BCUT2D eigenvalue weighted by atomic mass is 19.1. The summed E-state index contributed by atoms with van der Waals surface area (Å²) in [5, 5.41) is 8.73. The van der Waals surface area contributed by atoms with E-state index >= 15 is 0 Å². The molecule has 0 fully saturated rings. The zero-order valence-corrected chi connectivity index (χ0v) is 12.9. The first-order valence-corrected chi connectivity index (χ1v) is 7.46. The van der Waals surface area contributed by atoms with Crippen molar-refractivity contribution in [3.05, 3.63) is 77.9 Å². The Labute approximate surface area is 138 Å². The van der Waals surface area contributed by atoms with E-state index in [1.54, 1.807) is 18.2 Å². The fourth-order valence-electron chi connectivity index (χ4n) is 2.16. The predicted octanol–water partition coefficient (Wildman–Crippen LogP) is 4.07. The van der Waals surface area contributed by atoms with E-state index in [0.717, 1.165) is 5.56 Å². The lowest BCUT2D eigenvalue weighted by atomic mass is 10.2. The first-order chi connectivity index (χ1) is 11.8. The summed E-state index contributed by atoms with van der Waals surface area (Å²) in [5.74, 6) is 0.168. The summed E-state index contributed by atoms with van der Waals surface area (Å²) in [6, 6.07) is 14.1. The number of nitrogens with zero attached hydrogens (tertiary/aromatic N) is 1. The summed E-state index contributed by atoms with van der Waals surface area (Å²) in [5.41, 5.74) is 2.11. The molecule has 3 rings (SSSR count). The van der Waals surface area contributed by atoms with Gasteiger partial charge in [-0.15, -0.1) is 0 Å². The van der Waals surface area contributed by atoms with Crippen molar-refractivity contribution in [1.29, 1.82) is 0 Å². The van der Waals surface area contributed by atoms with E-state index in [2.05, 4.69) is 4.98 Å². The van der Waals surface area contributed by atoms with E-state index in [4.69, 9.17) is 14.3 Å². The molecule has 0 spiro atoms.